The number of halogens is 1. The molecule has 0 radical (unpaired) electrons. The van der Waals surface area contributed by atoms with Gasteiger partial charge in [-0.1, -0.05) is 23.7 Å². The first-order valence-corrected chi connectivity index (χ1v) is 7.75. The van der Waals surface area contributed by atoms with Crippen molar-refractivity contribution < 1.29 is 14.0 Å². The van der Waals surface area contributed by atoms with Gasteiger partial charge in [0.1, 0.15) is 6.26 Å². The largest absolute Gasteiger partial charge is 0.431 e. The van der Waals surface area contributed by atoms with E-state index in [1.165, 1.54) is 17.6 Å². The number of oxazole rings is 1. The lowest BCUT2D eigenvalue weighted by molar-refractivity contribution is 0.101. The predicted octanol–water partition coefficient (Wildman–Crippen LogP) is 3.89. The van der Waals surface area contributed by atoms with Crippen molar-refractivity contribution in [3.63, 3.8) is 0 Å². The van der Waals surface area contributed by atoms with Gasteiger partial charge in [0.05, 0.1) is 4.88 Å². The summed E-state index contributed by atoms with van der Waals surface area (Å²) in [4.78, 5) is 28.4. The Morgan fingerprint density at radius 3 is 2.74 bits per heavy atom. The minimum Gasteiger partial charge on any atom is -0.431 e. The standard InChI is InChI=1S/C15H10ClN3O3S/c16-9-3-1-4-10(7-9)17-13(20)11-8-22-15(18-11)19-14(21)12-5-2-6-23-12/h1-8H,(H,17,20)(H,18,19,21). The molecule has 8 heteroatoms. The number of carbonyl (C=O) groups is 2. The second-order valence-corrected chi connectivity index (χ2v) is 5.82. The summed E-state index contributed by atoms with van der Waals surface area (Å²) in [6.07, 6.45) is 1.17. The average Bonchev–Trinajstić information content (AvgIpc) is 3.18. The third kappa shape index (κ3) is 3.77. The quantitative estimate of drug-likeness (QED) is 0.749. The molecule has 3 aromatic rings. The lowest BCUT2D eigenvalue weighted by Gasteiger charge is -2.02. The summed E-state index contributed by atoms with van der Waals surface area (Å²) in [5, 5.41) is 7.41. The highest BCUT2D eigenvalue weighted by Gasteiger charge is 2.15. The van der Waals surface area contributed by atoms with Gasteiger partial charge in [-0.05, 0) is 29.6 Å². The molecule has 0 aliphatic rings. The molecule has 1 aromatic carbocycles. The molecule has 0 bridgehead atoms. The zero-order valence-electron chi connectivity index (χ0n) is 11.6. The molecule has 0 aliphatic carbocycles. The molecule has 2 heterocycles. The fraction of sp³-hybridized carbons (Fsp3) is 0. The molecule has 0 aliphatic heterocycles. The first-order valence-electron chi connectivity index (χ1n) is 6.49. The molecule has 2 N–H and O–H groups in total. The minimum absolute atomic E-state index is 0.0420. The van der Waals surface area contributed by atoms with Gasteiger partial charge in [-0.3, -0.25) is 14.9 Å². The van der Waals surface area contributed by atoms with Gasteiger partial charge >= 0.3 is 6.01 Å². The number of nitrogens with one attached hydrogen (secondary N) is 2. The molecule has 6 nitrogen and oxygen atoms in total. The summed E-state index contributed by atoms with van der Waals surface area (Å²) >= 11 is 7.15. The summed E-state index contributed by atoms with van der Waals surface area (Å²) in [5.41, 5.74) is 0.584. The van der Waals surface area contributed by atoms with Crippen molar-refractivity contribution in [2.75, 3.05) is 10.6 Å². The van der Waals surface area contributed by atoms with Crippen LogP contribution in [0.3, 0.4) is 0 Å². The molecular weight excluding hydrogens is 338 g/mol. The van der Waals surface area contributed by atoms with E-state index in [1.807, 2.05) is 0 Å². The van der Waals surface area contributed by atoms with Gasteiger partial charge in [0.2, 0.25) is 0 Å². The van der Waals surface area contributed by atoms with Crippen molar-refractivity contribution in [1.29, 1.82) is 0 Å². The van der Waals surface area contributed by atoms with Crippen LogP contribution in [0.1, 0.15) is 20.2 Å². The van der Waals surface area contributed by atoms with E-state index in [0.717, 1.165) is 0 Å². The number of benzene rings is 1. The number of carbonyl (C=O) groups excluding carboxylic acids is 2. The zero-order chi connectivity index (χ0) is 16.2. The lowest BCUT2D eigenvalue weighted by Crippen LogP contribution is -2.13. The van der Waals surface area contributed by atoms with E-state index >= 15 is 0 Å². The van der Waals surface area contributed by atoms with Crippen molar-refractivity contribution in [2.45, 2.75) is 0 Å². The SMILES string of the molecule is O=C(Nc1cccc(Cl)c1)c1coc(NC(=O)c2cccs2)n1. The van der Waals surface area contributed by atoms with Crippen molar-refractivity contribution in [3.05, 3.63) is 63.6 Å². The van der Waals surface area contributed by atoms with Crippen molar-refractivity contribution in [1.82, 2.24) is 4.98 Å². The molecule has 0 unspecified atom stereocenters. The first kappa shape index (κ1) is 15.3. The number of amides is 2. The highest BCUT2D eigenvalue weighted by Crippen LogP contribution is 2.17. The van der Waals surface area contributed by atoms with Crippen LogP contribution in [0.4, 0.5) is 11.7 Å². The Bertz CT molecular complexity index is 845. The van der Waals surface area contributed by atoms with E-state index in [0.29, 0.717) is 15.6 Å². The van der Waals surface area contributed by atoms with Gasteiger partial charge in [-0.15, -0.1) is 11.3 Å². The fourth-order valence-electron chi connectivity index (χ4n) is 1.76. The number of nitrogens with zero attached hydrogens (tertiary/aromatic N) is 1. The first-order chi connectivity index (χ1) is 11.1. The fourth-order valence-corrected chi connectivity index (χ4v) is 2.57. The Morgan fingerprint density at radius 1 is 1.13 bits per heavy atom. The second kappa shape index (κ2) is 6.64. The van der Waals surface area contributed by atoms with Crippen LogP contribution in [-0.2, 0) is 0 Å². The smallest absolute Gasteiger partial charge is 0.302 e. The molecule has 0 saturated heterocycles. The van der Waals surface area contributed by atoms with Gasteiger partial charge in [-0.2, -0.15) is 4.98 Å². The van der Waals surface area contributed by atoms with Crippen molar-refractivity contribution in [2.24, 2.45) is 0 Å². The summed E-state index contributed by atoms with van der Waals surface area (Å²) in [6, 6.07) is 10.1. The number of aromatic nitrogens is 1. The van der Waals surface area contributed by atoms with E-state index < -0.39 is 5.91 Å². The maximum absolute atomic E-state index is 12.1. The van der Waals surface area contributed by atoms with Crippen LogP contribution in [0.5, 0.6) is 0 Å². The number of anilines is 2. The molecule has 116 valence electrons. The minimum atomic E-state index is -0.465. The predicted molar refractivity (Wildman–Crippen MR) is 88.2 cm³/mol. The molecule has 0 atom stereocenters. The van der Waals surface area contributed by atoms with E-state index in [1.54, 1.807) is 41.8 Å². The van der Waals surface area contributed by atoms with E-state index in [4.69, 9.17) is 16.0 Å². The van der Waals surface area contributed by atoms with Crippen molar-refractivity contribution in [3.8, 4) is 0 Å². The summed E-state index contributed by atoms with van der Waals surface area (Å²) in [5.74, 6) is -0.809. The third-order valence-electron chi connectivity index (χ3n) is 2.78. The Morgan fingerprint density at radius 2 is 2.00 bits per heavy atom. The van der Waals surface area contributed by atoms with E-state index in [9.17, 15) is 9.59 Å². The highest BCUT2D eigenvalue weighted by atomic mass is 35.5. The number of hydrogen-bond acceptors (Lipinski definition) is 5. The van der Waals surface area contributed by atoms with Crippen LogP contribution in [-0.4, -0.2) is 16.8 Å². The highest BCUT2D eigenvalue weighted by molar-refractivity contribution is 7.12. The molecule has 0 fully saturated rings. The van der Waals surface area contributed by atoms with Crippen LogP contribution < -0.4 is 10.6 Å². The second-order valence-electron chi connectivity index (χ2n) is 4.43. The molecule has 2 aromatic heterocycles. The summed E-state index contributed by atoms with van der Waals surface area (Å²) < 4.78 is 5.09. The molecular formula is C15H10ClN3O3S. The summed E-state index contributed by atoms with van der Waals surface area (Å²) in [6.45, 7) is 0. The topological polar surface area (TPSA) is 84.2 Å². The normalized spacial score (nSPS) is 10.3. The van der Waals surface area contributed by atoms with Gasteiger partial charge in [0.25, 0.3) is 11.8 Å². The van der Waals surface area contributed by atoms with E-state index in [-0.39, 0.29) is 17.6 Å². The Balaban J connectivity index is 1.66. The number of rotatable bonds is 4. The maximum Gasteiger partial charge on any atom is 0.302 e. The van der Waals surface area contributed by atoms with E-state index in [2.05, 4.69) is 15.6 Å². The number of hydrogen-bond donors (Lipinski definition) is 2. The Labute approximate surface area is 140 Å². The van der Waals surface area contributed by atoms with Crippen LogP contribution in [0.15, 0.2) is 52.5 Å². The zero-order valence-corrected chi connectivity index (χ0v) is 13.1. The van der Waals surface area contributed by atoms with Crippen LogP contribution in [0.2, 0.25) is 5.02 Å². The average molecular weight is 348 g/mol. The van der Waals surface area contributed by atoms with Gasteiger partial charge < -0.3 is 9.73 Å². The molecule has 0 saturated carbocycles. The number of thiophene rings is 1. The van der Waals surface area contributed by atoms with Crippen molar-refractivity contribution >= 4 is 46.5 Å². The molecule has 23 heavy (non-hydrogen) atoms. The van der Waals surface area contributed by atoms with Gasteiger partial charge in [0, 0.05) is 10.7 Å². The van der Waals surface area contributed by atoms with Crippen LogP contribution in [0, 0.1) is 0 Å². The maximum atomic E-state index is 12.1. The third-order valence-corrected chi connectivity index (χ3v) is 3.89. The molecule has 2 amide bonds. The van der Waals surface area contributed by atoms with Gasteiger partial charge in [-0.25, -0.2) is 0 Å². The van der Waals surface area contributed by atoms with Crippen LogP contribution in [0.25, 0.3) is 0 Å². The Hall–Kier alpha value is -2.64. The monoisotopic (exact) mass is 347 g/mol. The lowest BCUT2D eigenvalue weighted by atomic mass is 10.3. The summed E-state index contributed by atoms with van der Waals surface area (Å²) in [7, 11) is 0. The molecule has 0 spiro atoms. The van der Waals surface area contributed by atoms with Crippen LogP contribution >= 0.6 is 22.9 Å². The molecule has 3 rings (SSSR count). The Kier molecular flexibility index (Phi) is 4.40. The van der Waals surface area contributed by atoms with Gasteiger partial charge in [0.15, 0.2) is 5.69 Å².